The second-order valence-electron chi connectivity index (χ2n) is 5.37. The summed E-state index contributed by atoms with van der Waals surface area (Å²) in [5.41, 5.74) is 7.81. The van der Waals surface area contributed by atoms with Gasteiger partial charge in [-0.1, -0.05) is 76.8 Å². The Kier molecular flexibility index (Phi) is 12.3. The minimum atomic E-state index is 0.412. The Morgan fingerprint density at radius 1 is 1.09 bits per heavy atom. The third-order valence-electron chi connectivity index (χ3n) is 3.84. The fraction of sp³-hybridized carbons (Fsp3) is 0.579. The molecule has 0 heterocycles. The monoisotopic (exact) mass is 305 g/mol. The maximum Gasteiger partial charge on any atom is 0.0561 e. The van der Waals surface area contributed by atoms with Gasteiger partial charge >= 0.3 is 0 Å². The predicted octanol–water partition coefficient (Wildman–Crippen LogP) is 4.79. The standard InChI is InChI=1S/C17H29N3.C2H6/c1-3-5-11-15(4-2)17(18)14-20(19)16-12-9-7-6-8-10-13-16;1-2/h3-5,11,14,16H,1,6-10,12-13,18-19H2,2H3;1-2H3/b11-5-,15-4+,17-14-;. The van der Waals surface area contributed by atoms with Crippen LogP contribution in [0.4, 0.5) is 0 Å². The van der Waals surface area contributed by atoms with Crippen LogP contribution in [0.2, 0.25) is 0 Å². The largest absolute Gasteiger partial charge is 0.397 e. The lowest BCUT2D eigenvalue weighted by Crippen LogP contribution is -2.38. The molecule has 0 aromatic heterocycles. The van der Waals surface area contributed by atoms with Gasteiger partial charge in [0.25, 0.3) is 0 Å². The van der Waals surface area contributed by atoms with Crippen molar-refractivity contribution in [1.29, 1.82) is 0 Å². The average molecular weight is 306 g/mol. The second-order valence-corrected chi connectivity index (χ2v) is 5.37. The molecule has 1 aliphatic carbocycles. The summed E-state index contributed by atoms with van der Waals surface area (Å²) in [5, 5.41) is 1.81. The third kappa shape index (κ3) is 8.08. The van der Waals surface area contributed by atoms with Crippen molar-refractivity contribution in [3.8, 4) is 0 Å². The van der Waals surface area contributed by atoms with Crippen LogP contribution in [0.3, 0.4) is 0 Å². The molecule has 0 atom stereocenters. The molecule has 0 spiro atoms. The van der Waals surface area contributed by atoms with Crippen LogP contribution < -0.4 is 11.6 Å². The molecule has 126 valence electrons. The van der Waals surface area contributed by atoms with E-state index in [9.17, 15) is 0 Å². The zero-order chi connectivity index (χ0) is 16.8. The first kappa shape index (κ1) is 20.5. The van der Waals surface area contributed by atoms with Crippen molar-refractivity contribution in [3.63, 3.8) is 0 Å². The molecule has 0 aromatic rings. The lowest BCUT2D eigenvalue weighted by Gasteiger charge is -2.28. The molecule has 3 heteroatoms. The number of hydrogen-bond acceptors (Lipinski definition) is 3. The van der Waals surface area contributed by atoms with E-state index in [1.165, 1.54) is 32.1 Å². The number of hydrazine groups is 1. The predicted molar refractivity (Wildman–Crippen MR) is 98.8 cm³/mol. The Labute approximate surface area is 137 Å². The number of nitrogens with zero attached hydrogens (tertiary/aromatic N) is 1. The molecule has 0 unspecified atom stereocenters. The van der Waals surface area contributed by atoms with Crippen LogP contribution in [0, 0.1) is 0 Å². The van der Waals surface area contributed by atoms with Gasteiger partial charge in [0.2, 0.25) is 0 Å². The highest BCUT2D eigenvalue weighted by Gasteiger charge is 2.15. The van der Waals surface area contributed by atoms with E-state index in [-0.39, 0.29) is 0 Å². The van der Waals surface area contributed by atoms with Gasteiger partial charge in [-0.25, -0.2) is 5.84 Å². The summed E-state index contributed by atoms with van der Waals surface area (Å²) in [6.45, 7) is 9.64. The molecule has 1 rings (SSSR count). The smallest absolute Gasteiger partial charge is 0.0561 e. The maximum atomic E-state index is 6.20. The molecule has 0 aromatic carbocycles. The van der Waals surface area contributed by atoms with Gasteiger partial charge in [0.15, 0.2) is 0 Å². The molecule has 22 heavy (non-hydrogen) atoms. The third-order valence-corrected chi connectivity index (χ3v) is 3.84. The van der Waals surface area contributed by atoms with Crippen molar-refractivity contribution in [3.05, 3.63) is 48.4 Å². The van der Waals surface area contributed by atoms with Gasteiger partial charge in [-0.15, -0.1) is 0 Å². The van der Waals surface area contributed by atoms with E-state index in [1.807, 2.05) is 50.2 Å². The molecular weight excluding hydrogens is 270 g/mol. The Morgan fingerprint density at radius 3 is 2.14 bits per heavy atom. The lowest BCUT2D eigenvalue weighted by atomic mass is 9.96. The zero-order valence-corrected chi connectivity index (χ0v) is 14.7. The van der Waals surface area contributed by atoms with Crippen LogP contribution in [-0.2, 0) is 0 Å². The fourth-order valence-electron chi connectivity index (χ4n) is 2.60. The zero-order valence-electron chi connectivity index (χ0n) is 14.7. The van der Waals surface area contributed by atoms with Crippen molar-refractivity contribution >= 4 is 0 Å². The van der Waals surface area contributed by atoms with Gasteiger partial charge in [-0.2, -0.15) is 0 Å². The first-order chi connectivity index (χ1) is 10.7. The van der Waals surface area contributed by atoms with E-state index in [1.54, 1.807) is 6.08 Å². The SMILES string of the molecule is C=C\C=C/C(=C\C)C(/N)=C/N(N)C1CCCCCCC1.CC. The number of nitrogens with two attached hydrogens (primary N) is 2. The molecule has 0 aliphatic heterocycles. The Morgan fingerprint density at radius 2 is 1.64 bits per heavy atom. The number of allylic oxidation sites excluding steroid dienone is 4. The van der Waals surface area contributed by atoms with E-state index >= 15 is 0 Å². The minimum absolute atomic E-state index is 0.412. The van der Waals surface area contributed by atoms with E-state index in [4.69, 9.17) is 11.6 Å². The van der Waals surface area contributed by atoms with Crippen LogP contribution in [0.25, 0.3) is 0 Å². The summed E-state index contributed by atoms with van der Waals surface area (Å²) in [5.74, 6) is 6.20. The van der Waals surface area contributed by atoms with Crippen LogP contribution in [-0.4, -0.2) is 11.1 Å². The van der Waals surface area contributed by atoms with Crippen LogP contribution >= 0.6 is 0 Å². The average Bonchev–Trinajstić information content (AvgIpc) is 2.49. The van der Waals surface area contributed by atoms with Crippen LogP contribution in [0.15, 0.2) is 48.4 Å². The topological polar surface area (TPSA) is 55.3 Å². The van der Waals surface area contributed by atoms with Crippen molar-refractivity contribution in [2.75, 3.05) is 0 Å². The number of hydrogen-bond donors (Lipinski definition) is 2. The highest BCUT2D eigenvalue weighted by Crippen LogP contribution is 2.20. The summed E-state index contributed by atoms with van der Waals surface area (Å²) < 4.78 is 0. The summed E-state index contributed by atoms with van der Waals surface area (Å²) in [6, 6.07) is 0.412. The highest BCUT2D eigenvalue weighted by molar-refractivity contribution is 5.38. The van der Waals surface area contributed by atoms with Crippen molar-refractivity contribution < 1.29 is 0 Å². The Balaban J connectivity index is 0.00000211. The van der Waals surface area contributed by atoms with E-state index in [0.717, 1.165) is 18.4 Å². The molecular formula is C19H35N3. The van der Waals surface area contributed by atoms with E-state index in [2.05, 4.69) is 6.58 Å². The summed E-state index contributed by atoms with van der Waals surface area (Å²) >= 11 is 0. The molecule has 4 N–H and O–H groups in total. The van der Waals surface area contributed by atoms with Gasteiger partial charge in [0.05, 0.1) is 5.70 Å². The maximum absolute atomic E-state index is 6.20. The molecule has 0 amide bonds. The van der Waals surface area contributed by atoms with E-state index in [0.29, 0.717) is 11.7 Å². The molecule has 3 nitrogen and oxygen atoms in total. The van der Waals surface area contributed by atoms with Gasteiger partial charge in [-0.05, 0) is 25.3 Å². The normalized spacial score (nSPS) is 18.2. The van der Waals surface area contributed by atoms with Crippen LogP contribution in [0.5, 0.6) is 0 Å². The molecule has 1 fully saturated rings. The molecule has 0 saturated heterocycles. The first-order valence-electron chi connectivity index (χ1n) is 8.65. The van der Waals surface area contributed by atoms with Crippen molar-refractivity contribution in [1.82, 2.24) is 5.01 Å². The highest BCUT2D eigenvalue weighted by atomic mass is 15.4. The summed E-state index contributed by atoms with van der Waals surface area (Å²) in [7, 11) is 0. The Hall–Kier alpha value is -1.48. The fourth-order valence-corrected chi connectivity index (χ4v) is 2.60. The van der Waals surface area contributed by atoms with Gasteiger partial charge in [0.1, 0.15) is 0 Å². The molecule has 0 bridgehead atoms. The Bertz CT molecular complexity index is 372. The minimum Gasteiger partial charge on any atom is -0.397 e. The molecule has 1 aliphatic rings. The van der Waals surface area contributed by atoms with E-state index < -0.39 is 0 Å². The summed E-state index contributed by atoms with van der Waals surface area (Å²) in [6.07, 6.45) is 18.3. The molecule has 0 radical (unpaired) electrons. The van der Waals surface area contributed by atoms with Crippen molar-refractivity contribution in [2.24, 2.45) is 11.6 Å². The van der Waals surface area contributed by atoms with Gasteiger partial charge < -0.3 is 10.7 Å². The second kappa shape index (κ2) is 13.2. The number of rotatable bonds is 5. The van der Waals surface area contributed by atoms with Gasteiger partial charge in [-0.3, -0.25) is 0 Å². The van der Waals surface area contributed by atoms with Crippen LogP contribution in [0.1, 0.15) is 65.7 Å². The summed E-state index contributed by atoms with van der Waals surface area (Å²) in [4.78, 5) is 0. The quantitative estimate of drug-likeness (QED) is 0.436. The molecule has 1 saturated carbocycles. The lowest BCUT2D eigenvalue weighted by molar-refractivity contribution is 0.234. The first-order valence-corrected chi connectivity index (χ1v) is 8.65. The van der Waals surface area contributed by atoms with Gasteiger partial charge in [0, 0.05) is 12.2 Å². The van der Waals surface area contributed by atoms with Crippen molar-refractivity contribution in [2.45, 2.75) is 71.8 Å².